The zero-order valence-electron chi connectivity index (χ0n) is 9.95. The van der Waals surface area contributed by atoms with Crippen molar-refractivity contribution in [1.29, 1.82) is 0 Å². The first-order chi connectivity index (χ1) is 9.11. The molecule has 0 spiro atoms. The van der Waals surface area contributed by atoms with E-state index in [0.29, 0.717) is 10.0 Å². The van der Waals surface area contributed by atoms with Gasteiger partial charge in [0.2, 0.25) is 0 Å². The van der Waals surface area contributed by atoms with Crippen LogP contribution in [0.15, 0.2) is 53.5 Å². The van der Waals surface area contributed by atoms with Gasteiger partial charge in [0, 0.05) is 5.56 Å². The van der Waals surface area contributed by atoms with E-state index in [9.17, 15) is 8.78 Å². The lowest BCUT2D eigenvalue weighted by molar-refractivity contribution is -0.0499. The summed E-state index contributed by atoms with van der Waals surface area (Å²) in [5, 5.41) is 0. The monoisotopic (exact) mass is 324 g/mol. The molecule has 4 heteroatoms. The molecule has 0 aliphatic rings. The van der Waals surface area contributed by atoms with Crippen molar-refractivity contribution in [2.75, 3.05) is 0 Å². The van der Waals surface area contributed by atoms with Crippen LogP contribution in [0.2, 0.25) is 0 Å². The van der Waals surface area contributed by atoms with Crippen LogP contribution < -0.4 is 4.74 Å². The molecule has 0 aromatic heterocycles. The standard InChI is InChI=1S/C15H11BrF2O/c1-2-10-6-8-11(9-7-10)12-4-3-5-13(16)14(12)19-15(17)18/h2-9,15H,1H2. The molecule has 19 heavy (non-hydrogen) atoms. The highest BCUT2D eigenvalue weighted by atomic mass is 79.9. The number of hydrogen-bond donors (Lipinski definition) is 0. The number of ether oxygens (including phenoxy) is 1. The van der Waals surface area contributed by atoms with E-state index >= 15 is 0 Å². The lowest BCUT2D eigenvalue weighted by Crippen LogP contribution is -2.03. The molecule has 0 fully saturated rings. The highest BCUT2D eigenvalue weighted by molar-refractivity contribution is 9.10. The van der Waals surface area contributed by atoms with Gasteiger partial charge in [0.25, 0.3) is 0 Å². The maximum atomic E-state index is 12.5. The summed E-state index contributed by atoms with van der Waals surface area (Å²) >= 11 is 3.23. The van der Waals surface area contributed by atoms with Crippen LogP contribution in [0, 0.1) is 0 Å². The van der Waals surface area contributed by atoms with Crippen LogP contribution >= 0.6 is 15.9 Å². The molecule has 0 aliphatic heterocycles. The Morgan fingerprint density at radius 3 is 2.37 bits per heavy atom. The molecule has 2 aromatic rings. The fourth-order valence-corrected chi connectivity index (χ4v) is 2.20. The fraction of sp³-hybridized carbons (Fsp3) is 0.0667. The summed E-state index contributed by atoms with van der Waals surface area (Å²) in [5.41, 5.74) is 2.39. The van der Waals surface area contributed by atoms with Crippen LogP contribution in [0.25, 0.3) is 17.2 Å². The minimum atomic E-state index is -2.86. The van der Waals surface area contributed by atoms with Gasteiger partial charge in [0.15, 0.2) is 0 Å². The van der Waals surface area contributed by atoms with Crippen LogP contribution in [0.3, 0.4) is 0 Å². The number of halogens is 3. The maximum absolute atomic E-state index is 12.5. The molecule has 0 aliphatic carbocycles. The lowest BCUT2D eigenvalue weighted by atomic mass is 10.0. The minimum absolute atomic E-state index is 0.142. The third kappa shape index (κ3) is 3.20. The first kappa shape index (κ1) is 13.7. The van der Waals surface area contributed by atoms with Gasteiger partial charge in [0.1, 0.15) is 5.75 Å². The van der Waals surface area contributed by atoms with Crippen molar-refractivity contribution in [3.05, 3.63) is 59.1 Å². The smallest absolute Gasteiger partial charge is 0.387 e. The molecular weight excluding hydrogens is 314 g/mol. The fourth-order valence-electron chi connectivity index (χ4n) is 1.74. The molecule has 0 radical (unpaired) electrons. The molecule has 0 N–H and O–H groups in total. The molecule has 0 bridgehead atoms. The van der Waals surface area contributed by atoms with Gasteiger partial charge < -0.3 is 4.74 Å². The van der Waals surface area contributed by atoms with E-state index < -0.39 is 6.61 Å². The van der Waals surface area contributed by atoms with Crippen LogP contribution in [-0.2, 0) is 0 Å². The average Bonchev–Trinajstić information content (AvgIpc) is 2.41. The summed E-state index contributed by atoms with van der Waals surface area (Å²) in [6.45, 7) is 0.816. The van der Waals surface area contributed by atoms with E-state index in [1.807, 2.05) is 24.3 Å². The summed E-state index contributed by atoms with van der Waals surface area (Å²) in [7, 11) is 0. The predicted molar refractivity (Wildman–Crippen MR) is 76.3 cm³/mol. The molecule has 0 unspecified atom stereocenters. The third-order valence-electron chi connectivity index (χ3n) is 2.63. The Morgan fingerprint density at radius 2 is 1.79 bits per heavy atom. The Hall–Kier alpha value is -1.68. The first-order valence-electron chi connectivity index (χ1n) is 5.58. The van der Waals surface area contributed by atoms with Crippen molar-refractivity contribution in [2.24, 2.45) is 0 Å². The molecule has 2 rings (SSSR count). The van der Waals surface area contributed by atoms with Gasteiger partial charge in [-0.25, -0.2) is 0 Å². The van der Waals surface area contributed by atoms with Gasteiger partial charge in [-0.3, -0.25) is 0 Å². The van der Waals surface area contributed by atoms with Gasteiger partial charge in [0.05, 0.1) is 4.47 Å². The minimum Gasteiger partial charge on any atom is -0.433 e. The van der Waals surface area contributed by atoms with E-state index in [1.54, 1.807) is 24.3 Å². The highest BCUT2D eigenvalue weighted by Gasteiger charge is 2.14. The average molecular weight is 325 g/mol. The van der Waals surface area contributed by atoms with E-state index in [0.717, 1.165) is 11.1 Å². The molecular formula is C15H11BrF2O. The molecule has 98 valence electrons. The van der Waals surface area contributed by atoms with Crippen LogP contribution in [0.4, 0.5) is 8.78 Å². The van der Waals surface area contributed by atoms with Gasteiger partial charge >= 0.3 is 6.61 Å². The van der Waals surface area contributed by atoms with E-state index in [1.165, 1.54) is 0 Å². The quantitative estimate of drug-likeness (QED) is 0.735. The molecule has 0 atom stereocenters. The third-order valence-corrected chi connectivity index (χ3v) is 3.26. The number of rotatable bonds is 4. The second kappa shape index (κ2) is 5.97. The first-order valence-corrected chi connectivity index (χ1v) is 6.37. The van der Waals surface area contributed by atoms with Crippen molar-refractivity contribution in [3.8, 4) is 16.9 Å². The van der Waals surface area contributed by atoms with Crippen LogP contribution in [0.5, 0.6) is 5.75 Å². The Labute approximate surface area is 118 Å². The van der Waals surface area contributed by atoms with E-state index in [2.05, 4.69) is 27.2 Å². The largest absolute Gasteiger partial charge is 0.433 e. The molecule has 2 aromatic carbocycles. The summed E-state index contributed by atoms with van der Waals surface area (Å²) in [6.07, 6.45) is 1.72. The number of para-hydroxylation sites is 1. The maximum Gasteiger partial charge on any atom is 0.387 e. The number of alkyl halides is 2. The van der Waals surface area contributed by atoms with Gasteiger partial charge in [-0.15, -0.1) is 0 Å². The molecule has 0 saturated carbocycles. The molecule has 0 saturated heterocycles. The van der Waals surface area contributed by atoms with E-state index in [-0.39, 0.29) is 5.75 Å². The normalized spacial score (nSPS) is 10.5. The number of hydrogen-bond acceptors (Lipinski definition) is 1. The molecule has 0 amide bonds. The van der Waals surface area contributed by atoms with Crippen LogP contribution in [-0.4, -0.2) is 6.61 Å². The molecule has 0 heterocycles. The highest BCUT2D eigenvalue weighted by Crippen LogP contribution is 2.37. The Kier molecular flexibility index (Phi) is 4.32. The van der Waals surface area contributed by atoms with Crippen molar-refractivity contribution >= 4 is 22.0 Å². The van der Waals surface area contributed by atoms with E-state index in [4.69, 9.17) is 0 Å². The van der Waals surface area contributed by atoms with Gasteiger partial charge in [-0.05, 0) is 33.1 Å². The zero-order chi connectivity index (χ0) is 13.8. The summed E-state index contributed by atoms with van der Waals surface area (Å²) in [4.78, 5) is 0. The van der Waals surface area contributed by atoms with Crippen molar-refractivity contribution in [1.82, 2.24) is 0 Å². The zero-order valence-corrected chi connectivity index (χ0v) is 11.5. The Balaban J connectivity index is 2.48. The Morgan fingerprint density at radius 1 is 1.11 bits per heavy atom. The number of benzene rings is 2. The van der Waals surface area contributed by atoms with Gasteiger partial charge in [-0.1, -0.05) is 49.1 Å². The van der Waals surface area contributed by atoms with Crippen LogP contribution in [0.1, 0.15) is 5.56 Å². The lowest BCUT2D eigenvalue weighted by Gasteiger charge is -2.12. The SMILES string of the molecule is C=Cc1ccc(-c2cccc(Br)c2OC(F)F)cc1. The van der Waals surface area contributed by atoms with Crippen molar-refractivity contribution in [3.63, 3.8) is 0 Å². The van der Waals surface area contributed by atoms with Gasteiger partial charge in [-0.2, -0.15) is 8.78 Å². The van der Waals surface area contributed by atoms with Crippen molar-refractivity contribution in [2.45, 2.75) is 6.61 Å². The second-order valence-electron chi connectivity index (χ2n) is 3.82. The second-order valence-corrected chi connectivity index (χ2v) is 4.68. The topological polar surface area (TPSA) is 9.23 Å². The molecule has 1 nitrogen and oxygen atoms in total. The summed E-state index contributed by atoms with van der Waals surface area (Å²) < 4.78 is 30.0. The summed E-state index contributed by atoms with van der Waals surface area (Å²) in [6, 6.07) is 12.6. The predicted octanol–water partition coefficient (Wildman–Crippen LogP) is 5.36. The summed E-state index contributed by atoms with van der Waals surface area (Å²) in [5.74, 6) is 0.142. The Bertz CT molecular complexity index is 579. The van der Waals surface area contributed by atoms with Crippen molar-refractivity contribution < 1.29 is 13.5 Å².